The van der Waals surface area contributed by atoms with Crippen LogP contribution in [0.5, 0.6) is 0 Å². The number of aryl methyl sites for hydroxylation is 1. The van der Waals surface area contributed by atoms with Crippen molar-refractivity contribution in [1.29, 1.82) is 0 Å². The first-order valence-electron chi connectivity index (χ1n) is 9.07. The first kappa shape index (κ1) is 15.1. The number of hydrogen-bond acceptors (Lipinski definition) is 2. The van der Waals surface area contributed by atoms with E-state index in [1.165, 1.54) is 50.5 Å². The molecule has 0 bridgehead atoms. The first-order valence-corrected chi connectivity index (χ1v) is 9.07. The van der Waals surface area contributed by atoms with Gasteiger partial charge in [0, 0.05) is 24.3 Å². The van der Waals surface area contributed by atoms with Crippen molar-refractivity contribution >= 4 is 0 Å². The van der Waals surface area contributed by atoms with Gasteiger partial charge in [0.2, 0.25) is 0 Å². The van der Waals surface area contributed by atoms with E-state index in [1.54, 1.807) is 0 Å². The molecule has 2 aliphatic carbocycles. The monoisotopic (exact) mass is 289 g/mol. The average Bonchev–Trinajstić information content (AvgIpc) is 3.01. The molecular weight excluding hydrogens is 258 g/mol. The highest BCUT2D eigenvalue weighted by molar-refractivity contribution is 5.12. The van der Waals surface area contributed by atoms with Gasteiger partial charge in [0.15, 0.2) is 0 Å². The number of aromatic nitrogens is 2. The molecular formula is C18H31N3. The van der Waals surface area contributed by atoms with Crippen molar-refractivity contribution in [2.75, 3.05) is 6.54 Å². The molecule has 4 atom stereocenters. The van der Waals surface area contributed by atoms with E-state index >= 15 is 0 Å². The zero-order chi connectivity index (χ0) is 14.7. The molecule has 4 unspecified atom stereocenters. The Hall–Kier alpha value is -0.830. The molecule has 3 nitrogen and oxygen atoms in total. The summed E-state index contributed by atoms with van der Waals surface area (Å²) in [7, 11) is 0. The molecule has 1 heterocycles. The molecule has 0 aliphatic heterocycles. The summed E-state index contributed by atoms with van der Waals surface area (Å²) < 4.78 is 2.06. The van der Waals surface area contributed by atoms with E-state index in [0.29, 0.717) is 6.04 Å². The van der Waals surface area contributed by atoms with Crippen LogP contribution in [0.25, 0.3) is 0 Å². The maximum Gasteiger partial charge on any atom is 0.0537 e. The SMILES string of the molecule is CCNC(c1cnn(CC)c1)C1CCC2CCCCC2C1. The Labute approximate surface area is 129 Å². The molecule has 1 aromatic heterocycles. The largest absolute Gasteiger partial charge is 0.310 e. The second-order valence-electron chi connectivity index (χ2n) is 7.04. The van der Waals surface area contributed by atoms with Gasteiger partial charge in [-0.3, -0.25) is 4.68 Å². The number of hydrogen-bond donors (Lipinski definition) is 1. The van der Waals surface area contributed by atoms with E-state index in [1.807, 2.05) is 0 Å². The molecule has 2 aliphatic rings. The molecule has 1 N–H and O–H groups in total. The first-order chi connectivity index (χ1) is 10.3. The molecule has 3 heteroatoms. The van der Waals surface area contributed by atoms with Crippen molar-refractivity contribution in [2.45, 2.75) is 71.4 Å². The van der Waals surface area contributed by atoms with Crippen molar-refractivity contribution in [1.82, 2.24) is 15.1 Å². The zero-order valence-electron chi connectivity index (χ0n) is 13.7. The Kier molecular flexibility index (Phi) is 4.99. The Morgan fingerprint density at radius 1 is 1.19 bits per heavy atom. The molecule has 0 amide bonds. The Bertz CT molecular complexity index is 439. The van der Waals surface area contributed by atoms with Crippen LogP contribution < -0.4 is 5.32 Å². The fourth-order valence-corrected chi connectivity index (χ4v) is 4.70. The molecule has 0 aromatic carbocycles. The number of fused-ring (bicyclic) bond motifs is 1. The minimum Gasteiger partial charge on any atom is -0.310 e. The highest BCUT2D eigenvalue weighted by Crippen LogP contribution is 2.46. The second-order valence-corrected chi connectivity index (χ2v) is 7.04. The molecule has 0 saturated heterocycles. The third kappa shape index (κ3) is 3.33. The van der Waals surface area contributed by atoms with Crippen LogP contribution in [0.15, 0.2) is 12.4 Å². The van der Waals surface area contributed by atoms with Gasteiger partial charge in [-0.25, -0.2) is 0 Å². The van der Waals surface area contributed by atoms with Gasteiger partial charge >= 0.3 is 0 Å². The minimum atomic E-state index is 0.512. The van der Waals surface area contributed by atoms with E-state index < -0.39 is 0 Å². The number of nitrogens with one attached hydrogen (secondary N) is 1. The predicted octanol–water partition coefficient (Wildman–Crippen LogP) is 4.16. The van der Waals surface area contributed by atoms with Crippen LogP contribution in [-0.4, -0.2) is 16.3 Å². The lowest BCUT2D eigenvalue weighted by Crippen LogP contribution is -2.35. The standard InChI is InChI=1S/C18H31N3/c1-3-19-18(17-12-20-21(4-2)13-17)16-10-9-14-7-5-6-8-15(14)11-16/h12-16,18-19H,3-11H2,1-2H3. The van der Waals surface area contributed by atoms with Crippen molar-refractivity contribution < 1.29 is 0 Å². The molecule has 2 fully saturated rings. The molecule has 3 rings (SSSR count). The molecule has 0 radical (unpaired) electrons. The van der Waals surface area contributed by atoms with Crippen molar-refractivity contribution in [3.05, 3.63) is 18.0 Å². The smallest absolute Gasteiger partial charge is 0.0537 e. The van der Waals surface area contributed by atoms with Gasteiger partial charge in [-0.1, -0.05) is 32.6 Å². The van der Waals surface area contributed by atoms with Crippen LogP contribution in [0.4, 0.5) is 0 Å². The summed E-state index contributed by atoms with van der Waals surface area (Å²) in [6.45, 7) is 6.40. The van der Waals surface area contributed by atoms with Crippen molar-refractivity contribution in [3.8, 4) is 0 Å². The van der Waals surface area contributed by atoms with Gasteiger partial charge in [0.1, 0.15) is 0 Å². The normalized spacial score (nSPS) is 30.9. The van der Waals surface area contributed by atoms with Crippen molar-refractivity contribution in [2.24, 2.45) is 17.8 Å². The highest BCUT2D eigenvalue weighted by Gasteiger charge is 2.35. The summed E-state index contributed by atoms with van der Waals surface area (Å²) in [6, 6.07) is 0.512. The lowest BCUT2D eigenvalue weighted by atomic mass is 9.65. The summed E-state index contributed by atoms with van der Waals surface area (Å²) in [6.07, 6.45) is 14.5. The Morgan fingerprint density at radius 3 is 2.71 bits per heavy atom. The quantitative estimate of drug-likeness (QED) is 0.882. The number of rotatable bonds is 5. The van der Waals surface area contributed by atoms with E-state index in [9.17, 15) is 0 Å². The van der Waals surface area contributed by atoms with Gasteiger partial charge in [-0.15, -0.1) is 0 Å². The van der Waals surface area contributed by atoms with Gasteiger partial charge < -0.3 is 5.32 Å². The lowest BCUT2D eigenvalue weighted by molar-refractivity contribution is 0.110. The summed E-state index contributed by atoms with van der Waals surface area (Å²) in [4.78, 5) is 0. The van der Waals surface area contributed by atoms with E-state index in [-0.39, 0.29) is 0 Å². The average molecular weight is 289 g/mol. The molecule has 2 saturated carbocycles. The van der Waals surface area contributed by atoms with Crippen LogP contribution in [0, 0.1) is 17.8 Å². The van der Waals surface area contributed by atoms with Crippen LogP contribution in [0.1, 0.15) is 70.4 Å². The summed E-state index contributed by atoms with van der Waals surface area (Å²) in [5.41, 5.74) is 1.40. The summed E-state index contributed by atoms with van der Waals surface area (Å²) in [5, 5.41) is 8.24. The van der Waals surface area contributed by atoms with Gasteiger partial charge in [0.25, 0.3) is 0 Å². The molecule has 1 aromatic rings. The van der Waals surface area contributed by atoms with Crippen LogP contribution in [0.2, 0.25) is 0 Å². The van der Waals surface area contributed by atoms with E-state index in [0.717, 1.165) is 30.8 Å². The molecule has 118 valence electrons. The second kappa shape index (κ2) is 6.95. The van der Waals surface area contributed by atoms with Gasteiger partial charge in [0.05, 0.1) is 6.20 Å². The van der Waals surface area contributed by atoms with Crippen LogP contribution >= 0.6 is 0 Å². The Balaban J connectivity index is 1.71. The third-order valence-corrected chi connectivity index (χ3v) is 5.81. The van der Waals surface area contributed by atoms with Crippen LogP contribution in [0.3, 0.4) is 0 Å². The highest BCUT2D eigenvalue weighted by atomic mass is 15.3. The van der Waals surface area contributed by atoms with Crippen molar-refractivity contribution in [3.63, 3.8) is 0 Å². The zero-order valence-corrected chi connectivity index (χ0v) is 13.7. The fourth-order valence-electron chi connectivity index (χ4n) is 4.70. The van der Waals surface area contributed by atoms with Gasteiger partial charge in [-0.05, 0) is 50.5 Å². The number of nitrogens with zero attached hydrogens (tertiary/aromatic N) is 2. The third-order valence-electron chi connectivity index (χ3n) is 5.81. The maximum atomic E-state index is 4.49. The van der Waals surface area contributed by atoms with E-state index in [4.69, 9.17) is 0 Å². The summed E-state index contributed by atoms with van der Waals surface area (Å²) >= 11 is 0. The van der Waals surface area contributed by atoms with Crippen LogP contribution in [-0.2, 0) is 6.54 Å². The topological polar surface area (TPSA) is 29.9 Å². The van der Waals surface area contributed by atoms with E-state index in [2.05, 4.69) is 41.3 Å². The van der Waals surface area contributed by atoms with Gasteiger partial charge in [-0.2, -0.15) is 5.10 Å². The summed E-state index contributed by atoms with van der Waals surface area (Å²) in [5.74, 6) is 2.84. The molecule has 21 heavy (non-hydrogen) atoms. The minimum absolute atomic E-state index is 0.512. The predicted molar refractivity (Wildman–Crippen MR) is 87.1 cm³/mol. The Morgan fingerprint density at radius 2 is 2.00 bits per heavy atom. The fraction of sp³-hybridized carbons (Fsp3) is 0.833. The maximum absolute atomic E-state index is 4.49. The molecule has 0 spiro atoms. The lowest BCUT2D eigenvalue weighted by Gasteiger charge is -2.42.